The number of pyridine rings is 1. The van der Waals surface area contributed by atoms with Crippen LogP contribution in [0.25, 0.3) is 0 Å². The molecule has 1 atom stereocenters. The summed E-state index contributed by atoms with van der Waals surface area (Å²) in [6, 6.07) is 4.18. The van der Waals surface area contributed by atoms with Crippen molar-refractivity contribution in [2.24, 2.45) is 0 Å². The number of aromatic nitrogens is 1. The summed E-state index contributed by atoms with van der Waals surface area (Å²) in [5.74, 6) is -0.364. The van der Waals surface area contributed by atoms with Gasteiger partial charge in [-0.3, -0.25) is 4.98 Å². The van der Waals surface area contributed by atoms with E-state index in [0.717, 1.165) is 51.8 Å². The minimum Gasteiger partial charge on any atom is -0.347 e. The highest BCUT2D eigenvalue weighted by molar-refractivity contribution is 5.07. The first-order valence-electron chi connectivity index (χ1n) is 22.2. The maximum absolute atomic E-state index is 6.81. The zero-order chi connectivity index (χ0) is 37.1. The number of hydrogen-bond acceptors (Lipinski definition) is 4. The van der Waals surface area contributed by atoms with Gasteiger partial charge in [0.1, 0.15) is 0 Å². The van der Waals surface area contributed by atoms with E-state index in [4.69, 9.17) is 9.47 Å². The predicted molar refractivity (Wildman–Crippen MR) is 227 cm³/mol. The maximum Gasteiger partial charge on any atom is 0.168 e. The van der Waals surface area contributed by atoms with Gasteiger partial charge in [-0.1, -0.05) is 146 Å². The molecule has 4 nitrogen and oxygen atoms in total. The van der Waals surface area contributed by atoms with E-state index < -0.39 is 0 Å². The second kappa shape index (κ2) is 33.6. The van der Waals surface area contributed by atoms with Crippen molar-refractivity contribution in [3.8, 4) is 0 Å². The van der Waals surface area contributed by atoms with Gasteiger partial charge in [-0.05, 0) is 102 Å². The lowest BCUT2D eigenvalue weighted by molar-refractivity contribution is -0.180. The molecule has 1 aliphatic heterocycles. The lowest BCUT2D eigenvalue weighted by Gasteiger charge is -2.29. The molecule has 52 heavy (non-hydrogen) atoms. The lowest BCUT2D eigenvalue weighted by Crippen LogP contribution is -2.32. The molecule has 1 unspecified atom stereocenters. The standard InChI is InChI=1S/C48H82N2O2/c1-4-6-8-10-12-14-16-18-20-22-24-26-28-30-32-34-39-48(51-45-47(52-48)38-42-50(3)44-46-37-36-41-49-43-46)40-35-33-31-29-27-25-23-21-19-17-15-13-11-9-7-5-2/h12-15,18-21,36-37,41,43,47H,4-11,16-17,22-35,38-40,42,44-45H2,1-3H3. The quantitative estimate of drug-likeness (QED) is 0.0517. The molecular formula is C48H82N2O2. The summed E-state index contributed by atoms with van der Waals surface area (Å²) in [4.78, 5) is 6.66. The molecule has 2 rings (SSSR count). The van der Waals surface area contributed by atoms with E-state index in [-0.39, 0.29) is 11.9 Å². The van der Waals surface area contributed by atoms with Crippen LogP contribution in [0.3, 0.4) is 0 Å². The molecule has 1 aromatic rings. The molecule has 4 heteroatoms. The fraction of sp³-hybridized carbons (Fsp3) is 0.729. The summed E-state index contributed by atoms with van der Waals surface area (Å²) in [5.41, 5.74) is 1.26. The fourth-order valence-corrected chi connectivity index (χ4v) is 7.16. The van der Waals surface area contributed by atoms with Gasteiger partial charge in [0.25, 0.3) is 0 Å². The van der Waals surface area contributed by atoms with Gasteiger partial charge in [-0.25, -0.2) is 0 Å². The smallest absolute Gasteiger partial charge is 0.168 e. The molecule has 0 saturated carbocycles. The Labute approximate surface area is 323 Å². The molecule has 0 radical (unpaired) electrons. The Kier molecular flexibility index (Phi) is 29.8. The highest BCUT2D eigenvalue weighted by atomic mass is 16.7. The number of unbranched alkanes of at least 4 members (excludes halogenated alkanes) is 18. The van der Waals surface area contributed by atoms with Gasteiger partial charge < -0.3 is 14.4 Å². The Morgan fingerprint density at radius 1 is 0.654 bits per heavy atom. The normalized spacial score (nSPS) is 18.1. The highest BCUT2D eigenvalue weighted by Crippen LogP contribution is 2.35. The predicted octanol–water partition coefficient (Wildman–Crippen LogP) is 14.4. The number of rotatable bonds is 35. The van der Waals surface area contributed by atoms with Gasteiger partial charge in [0.15, 0.2) is 5.79 Å². The second-order valence-corrected chi connectivity index (χ2v) is 15.5. The average Bonchev–Trinajstić information content (AvgIpc) is 3.57. The molecule has 0 N–H and O–H groups in total. The van der Waals surface area contributed by atoms with Gasteiger partial charge >= 0.3 is 0 Å². The molecular weight excluding hydrogens is 637 g/mol. The SMILES string of the molecule is CCCCCC=CCC=CCCCCCCCCC1(CCCCCCCCC=CCC=CCCCCC)OCC(CCN(C)Cc2cccnc2)O1. The van der Waals surface area contributed by atoms with Crippen molar-refractivity contribution in [2.45, 2.75) is 206 Å². The summed E-state index contributed by atoms with van der Waals surface area (Å²) in [7, 11) is 2.20. The first-order valence-corrected chi connectivity index (χ1v) is 22.2. The topological polar surface area (TPSA) is 34.6 Å². The van der Waals surface area contributed by atoms with Crippen LogP contribution in [0.5, 0.6) is 0 Å². The second-order valence-electron chi connectivity index (χ2n) is 15.5. The van der Waals surface area contributed by atoms with Crippen LogP contribution >= 0.6 is 0 Å². The number of nitrogens with zero attached hydrogens (tertiary/aromatic N) is 2. The van der Waals surface area contributed by atoms with Crippen LogP contribution in [-0.4, -0.2) is 42.0 Å². The molecule has 2 heterocycles. The summed E-state index contributed by atoms with van der Waals surface area (Å²) in [6.07, 6.45) is 56.7. The molecule has 296 valence electrons. The van der Waals surface area contributed by atoms with Crippen molar-refractivity contribution in [1.29, 1.82) is 0 Å². The number of hydrogen-bond donors (Lipinski definition) is 0. The van der Waals surface area contributed by atoms with Gasteiger partial charge in [0, 0.05) is 38.3 Å². The Morgan fingerprint density at radius 2 is 1.13 bits per heavy atom. The molecule has 0 aromatic carbocycles. The van der Waals surface area contributed by atoms with Gasteiger partial charge in [0.2, 0.25) is 0 Å². The van der Waals surface area contributed by atoms with Crippen LogP contribution in [0, 0.1) is 0 Å². The highest BCUT2D eigenvalue weighted by Gasteiger charge is 2.40. The first-order chi connectivity index (χ1) is 25.7. The maximum atomic E-state index is 6.81. The van der Waals surface area contributed by atoms with Crippen molar-refractivity contribution in [1.82, 2.24) is 9.88 Å². The van der Waals surface area contributed by atoms with Crippen molar-refractivity contribution < 1.29 is 9.47 Å². The van der Waals surface area contributed by atoms with Gasteiger partial charge in [-0.15, -0.1) is 0 Å². The monoisotopic (exact) mass is 719 g/mol. The molecule has 0 aliphatic carbocycles. The van der Waals surface area contributed by atoms with Crippen molar-refractivity contribution >= 4 is 0 Å². The fourth-order valence-electron chi connectivity index (χ4n) is 7.16. The largest absolute Gasteiger partial charge is 0.347 e. The zero-order valence-electron chi connectivity index (χ0n) is 34.4. The number of allylic oxidation sites excluding steroid dienone is 8. The summed E-state index contributed by atoms with van der Waals surface area (Å²) < 4.78 is 13.4. The third-order valence-electron chi connectivity index (χ3n) is 10.4. The zero-order valence-corrected chi connectivity index (χ0v) is 34.4. The van der Waals surface area contributed by atoms with Crippen LogP contribution in [0.15, 0.2) is 73.1 Å². The Balaban J connectivity index is 1.62. The van der Waals surface area contributed by atoms with E-state index in [2.05, 4.69) is 85.5 Å². The summed E-state index contributed by atoms with van der Waals surface area (Å²) >= 11 is 0. The minimum atomic E-state index is -0.364. The molecule has 1 saturated heterocycles. The van der Waals surface area contributed by atoms with Crippen molar-refractivity contribution in [2.75, 3.05) is 20.2 Å². The van der Waals surface area contributed by atoms with Crippen LogP contribution < -0.4 is 0 Å². The average molecular weight is 719 g/mol. The summed E-state index contributed by atoms with van der Waals surface area (Å²) in [6.45, 7) is 7.21. The van der Waals surface area contributed by atoms with Crippen LogP contribution in [0.1, 0.15) is 193 Å². The van der Waals surface area contributed by atoms with E-state index in [9.17, 15) is 0 Å². The van der Waals surface area contributed by atoms with E-state index in [1.165, 1.54) is 147 Å². The van der Waals surface area contributed by atoms with E-state index in [1.807, 2.05) is 18.5 Å². The third kappa shape index (κ3) is 25.9. The Bertz CT molecular complexity index is 984. The number of ether oxygens (including phenoxy) is 2. The molecule has 0 spiro atoms. The molecule has 1 fully saturated rings. The third-order valence-corrected chi connectivity index (χ3v) is 10.4. The van der Waals surface area contributed by atoms with Crippen LogP contribution in [-0.2, 0) is 16.0 Å². The van der Waals surface area contributed by atoms with Gasteiger partial charge in [-0.2, -0.15) is 0 Å². The Hall–Kier alpha value is -2.01. The lowest BCUT2D eigenvalue weighted by atomic mass is 9.98. The molecule has 1 aromatic heterocycles. The minimum absolute atomic E-state index is 0.200. The molecule has 0 bridgehead atoms. The Morgan fingerprint density at radius 3 is 1.62 bits per heavy atom. The van der Waals surface area contributed by atoms with Crippen LogP contribution in [0.4, 0.5) is 0 Å². The molecule has 1 aliphatic rings. The van der Waals surface area contributed by atoms with Gasteiger partial charge in [0.05, 0.1) is 12.7 Å². The van der Waals surface area contributed by atoms with E-state index in [0.29, 0.717) is 0 Å². The first kappa shape index (κ1) is 46.1. The van der Waals surface area contributed by atoms with Crippen molar-refractivity contribution in [3.05, 3.63) is 78.7 Å². The van der Waals surface area contributed by atoms with Crippen LogP contribution in [0.2, 0.25) is 0 Å². The van der Waals surface area contributed by atoms with Crippen molar-refractivity contribution in [3.63, 3.8) is 0 Å². The van der Waals surface area contributed by atoms with E-state index in [1.54, 1.807) is 0 Å². The molecule has 0 amide bonds. The van der Waals surface area contributed by atoms with E-state index >= 15 is 0 Å². The summed E-state index contributed by atoms with van der Waals surface area (Å²) in [5, 5.41) is 0.